The van der Waals surface area contributed by atoms with E-state index < -0.39 is 10.2 Å². The number of carbonyl (C=O) groups excluding carboxylic acids is 1. The van der Waals surface area contributed by atoms with Crippen molar-refractivity contribution < 1.29 is 17.9 Å². The summed E-state index contributed by atoms with van der Waals surface area (Å²) in [6, 6.07) is -0.154. The van der Waals surface area contributed by atoms with Crippen LogP contribution in [0.25, 0.3) is 0 Å². The van der Waals surface area contributed by atoms with Crippen LogP contribution < -0.4 is 4.72 Å². The minimum atomic E-state index is -3.48. The third kappa shape index (κ3) is 3.93. The third-order valence-electron chi connectivity index (χ3n) is 2.64. The van der Waals surface area contributed by atoms with Crippen LogP contribution in [0.5, 0.6) is 0 Å². The normalized spacial score (nSPS) is 22.7. The second-order valence-corrected chi connectivity index (χ2v) is 6.20. The predicted octanol–water partition coefficient (Wildman–Crippen LogP) is 0.114. The van der Waals surface area contributed by atoms with Crippen molar-refractivity contribution in [3.05, 3.63) is 0 Å². The Morgan fingerprint density at radius 1 is 1.47 bits per heavy atom. The van der Waals surface area contributed by atoms with Crippen LogP contribution in [0.1, 0.15) is 26.7 Å². The largest absolute Gasteiger partial charge is 0.469 e. The van der Waals surface area contributed by atoms with Crippen molar-refractivity contribution in [2.45, 2.75) is 32.7 Å². The first-order valence-corrected chi connectivity index (χ1v) is 7.16. The van der Waals surface area contributed by atoms with Crippen LogP contribution in [-0.2, 0) is 19.7 Å². The van der Waals surface area contributed by atoms with Gasteiger partial charge in [-0.25, -0.2) is 0 Å². The zero-order valence-electron chi connectivity index (χ0n) is 10.5. The predicted molar refractivity (Wildman–Crippen MR) is 63.5 cm³/mol. The molecule has 0 unspecified atom stereocenters. The van der Waals surface area contributed by atoms with Crippen molar-refractivity contribution >= 4 is 16.2 Å². The molecule has 1 saturated heterocycles. The van der Waals surface area contributed by atoms with E-state index in [2.05, 4.69) is 9.46 Å². The Morgan fingerprint density at radius 3 is 2.65 bits per heavy atom. The minimum absolute atomic E-state index is 0.154. The second kappa shape index (κ2) is 5.79. The molecule has 17 heavy (non-hydrogen) atoms. The Balaban J connectivity index is 2.69. The monoisotopic (exact) mass is 264 g/mol. The van der Waals surface area contributed by atoms with E-state index in [4.69, 9.17) is 0 Å². The molecule has 1 heterocycles. The number of carbonyl (C=O) groups is 1. The minimum Gasteiger partial charge on any atom is -0.469 e. The fourth-order valence-electron chi connectivity index (χ4n) is 1.89. The number of esters is 1. The molecule has 0 bridgehead atoms. The molecule has 0 aromatic carbocycles. The van der Waals surface area contributed by atoms with Gasteiger partial charge in [0.15, 0.2) is 0 Å². The van der Waals surface area contributed by atoms with E-state index >= 15 is 0 Å². The maximum absolute atomic E-state index is 11.9. The smallest absolute Gasteiger partial charge is 0.309 e. The lowest BCUT2D eigenvalue weighted by atomic mass is 10.0. The average molecular weight is 264 g/mol. The number of nitrogens with zero attached hydrogens (tertiary/aromatic N) is 1. The summed E-state index contributed by atoms with van der Waals surface area (Å²) in [5.74, 6) is -0.688. The topological polar surface area (TPSA) is 75.7 Å². The molecule has 7 heteroatoms. The average Bonchev–Trinajstić information content (AvgIpc) is 2.26. The summed E-state index contributed by atoms with van der Waals surface area (Å²) >= 11 is 0. The molecule has 0 aliphatic carbocycles. The standard InChI is InChI=1S/C10H20N2O4S/c1-8(2)11-17(14,15)12-6-4-5-9(7-12)10(13)16-3/h8-9,11H,4-7H2,1-3H3/t9-/m0/s1. The van der Waals surface area contributed by atoms with Gasteiger partial charge in [-0.05, 0) is 26.7 Å². The Morgan fingerprint density at radius 2 is 2.12 bits per heavy atom. The van der Waals surface area contributed by atoms with Gasteiger partial charge in [0.05, 0.1) is 13.0 Å². The van der Waals surface area contributed by atoms with Crippen LogP contribution in [0.3, 0.4) is 0 Å². The molecule has 1 rings (SSSR count). The molecule has 0 radical (unpaired) electrons. The zero-order chi connectivity index (χ0) is 13.1. The van der Waals surface area contributed by atoms with Gasteiger partial charge in [-0.15, -0.1) is 0 Å². The molecule has 0 spiro atoms. The molecule has 6 nitrogen and oxygen atoms in total. The van der Waals surface area contributed by atoms with Crippen molar-refractivity contribution in [1.82, 2.24) is 9.03 Å². The van der Waals surface area contributed by atoms with Gasteiger partial charge < -0.3 is 4.74 Å². The van der Waals surface area contributed by atoms with Gasteiger partial charge in [0, 0.05) is 19.1 Å². The van der Waals surface area contributed by atoms with E-state index in [9.17, 15) is 13.2 Å². The third-order valence-corrected chi connectivity index (χ3v) is 4.42. The SMILES string of the molecule is COC(=O)[C@H]1CCCN(S(=O)(=O)NC(C)C)C1. The van der Waals surface area contributed by atoms with E-state index in [1.807, 2.05) is 0 Å². The summed E-state index contributed by atoms with van der Waals surface area (Å²) in [6.45, 7) is 4.18. The first kappa shape index (κ1) is 14.4. The quantitative estimate of drug-likeness (QED) is 0.731. The number of hydrogen-bond donors (Lipinski definition) is 1. The molecule has 0 aromatic heterocycles. The summed E-state index contributed by atoms with van der Waals surface area (Å²) in [5.41, 5.74) is 0. The number of ether oxygens (including phenoxy) is 1. The Kier molecular flexibility index (Phi) is 4.91. The summed E-state index contributed by atoms with van der Waals surface area (Å²) in [7, 11) is -2.16. The molecule has 1 fully saturated rings. The highest BCUT2D eigenvalue weighted by Gasteiger charge is 2.32. The van der Waals surface area contributed by atoms with Crippen LogP contribution in [0.4, 0.5) is 0 Å². The van der Waals surface area contributed by atoms with Gasteiger partial charge in [0.2, 0.25) is 0 Å². The maximum Gasteiger partial charge on any atom is 0.309 e. The Hall–Kier alpha value is -0.660. The van der Waals surface area contributed by atoms with Crippen LogP contribution in [0, 0.1) is 5.92 Å². The van der Waals surface area contributed by atoms with Crippen molar-refractivity contribution in [1.29, 1.82) is 0 Å². The molecule has 0 saturated carbocycles. The number of nitrogens with one attached hydrogen (secondary N) is 1. The van der Waals surface area contributed by atoms with Gasteiger partial charge in [-0.1, -0.05) is 0 Å². The lowest BCUT2D eigenvalue weighted by Crippen LogP contribution is -2.49. The molecule has 1 N–H and O–H groups in total. The zero-order valence-corrected chi connectivity index (χ0v) is 11.3. The van der Waals surface area contributed by atoms with Crippen molar-refractivity contribution in [3.63, 3.8) is 0 Å². The molecule has 1 aliphatic rings. The fourth-order valence-corrected chi connectivity index (χ4v) is 3.38. The molecular formula is C10H20N2O4S. The Labute approximate surface area is 102 Å². The van der Waals surface area contributed by atoms with E-state index in [1.54, 1.807) is 13.8 Å². The van der Waals surface area contributed by atoms with Gasteiger partial charge in [-0.3, -0.25) is 4.79 Å². The number of methoxy groups -OCH3 is 1. The highest BCUT2D eigenvalue weighted by molar-refractivity contribution is 7.87. The number of hydrogen-bond acceptors (Lipinski definition) is 4. The number of rotatable bonds is 4. The van der Waals surface area contributed by atoms with Crippen LogP contribution in [0.2, 0.25) is 0 Å². The summed E-state index contributed by atoms with van der Waals surface area (Å²) in [4.78, 5) is 11.4. The maximum atomic E-state index is 11.9. The second-order valence-electron chi connectivity index (χ2n) is 4.50. The van der Waals surface area contributed by atoms with E-state index in [0.29, 0.717) is 19.4 Å². The first-order chi connectivity index (χ1) is 7.86. The van der Waals surface area contributed by atoms with E-state index in [-0.39, 0.29) is 24.5 Å². The summed E-state index contributed by atoms with van der Waals surface area (Å²) in [5, 5.41) is 0. The van der Waals surface area contributed by atoms with Crippen LogP contribution in [-0.4, -0.2) is 44.9 Å². The molecular weight excluding hydrogens is 244 g/mol. The van der Waals surface area contributed by atoms with Crippen molar-refractivity contribution in [2.75, 3.05) is 20.2 Å². The lowest BCUT2D eigenvalue weighted by molar-refractivity contribution is -0.146. The summed E-state index contributed by atoms with van der Waals surface area (Å²) in [6.07, 6.45) is 1.36. The van der Waals surface area contributed by atoms with Gasteiger partial charge >= 0.3 is 5.97 Å². The highest BCUT2D eigenvalue weighted by atomic mass is 32.2. The van der Waals surface area contributed by atoms with Gasteiger partial charge in [0.25, 0.3) is 10.2 Å². The van der Waals surface area contributed by atoms with E-state index in [1.165, 1.54) is 11.4 Å². The van der Waals surface area contributed by atoms with Crippen LogP contribution in [0.15, 0.2) is 0 Å². The fraction of sp³-hybridized carbons (Fsp3) is 0.900. The molecule has 0 aromatic rings. The number of piperidine rings is 1. The van der Waals surface area contributed by atoms with Gasteiger partial charge in [0.1, 0.15) is 0 Å². The van der Waals surface area contributed by atoms with Crippen molar-refractivity contribution in [2.24, 2.45) is 5.92 Å². The van der Waals surface area contributed by atoms with Gasteiger partial charge in [-0.2, -0.15) is 17.4 Å². The molecule has 0 amide bonds. The van der Waals surface area contributed by atoms with Crippen molar-refractivity contribution in [3.8, 4) is 0 Å². The van der Waals surface area contributed by atoms with Crippen LogP contribution >= 0.6 is 0 Å². The van der Waals surface area contributed by atoms with E-state index in [0.717, 1.165) is 0 Å². The molecule has 1 atom stereocenters. The highest BCUT2D eigenvalue weighted by Crippen LogP contribution is 2.19. The Bertz CT molecular complexity index is 367. The first-order valence-electron chi connectivity index (χ1n) is 5.72. The molecule has 1 aliphatic heterocycles. The molecule has 100 valence electrons. The summed E-state index contributed by atoms with van der Waals surface area (Å²) < 4.78 is 32.3. The lowest BCUT2D eigenvalue weighted by Gasteiger charge is -2.31.